The molecule has 4 nitrogen and oxygen atoms in total. The number of anilines is 1. The Morgan fingerprint density at radius 2 is 2.11 bits per heavy atom. The first kappa shape index (κ1) is 18.6. The topological polar surface area (TPSA) is 42.4 Å². The molecule has 1 saturated heterocycles. The predicted octanol–water partition coefficient (Wildman–Crippen LogP) is 5.50. The number of fused-ring (bicyclic) bond motifs is 1. The number of carbonyl (C=O) groups is 1. The van der Waals surface area contributed by atoms with Crippen molar-refractivity contribution >= 4 is 48.5 Å². The molecular formula is C21H21BrN2O2S. The van der Waals surface area contributed by atoms with E-state index in [2.05, 4.69) is 41.9 Å². The first-order valence-electron chi connectivity index (χ1n) is 9.08. The molecule has 0 N–H and O–H groups in total. The van der Waals surface area contributed by atoms with E-state index in [1.54, 1.807) is 16.2 Å². The lowest BCUT2D eigenvalue weighted by Gasteiger charge is -2.23. The summed E-state index contributed by atoms with van der Waals surface area (Å²) in [6.45, 7) is 5.49. The Morgan fingerprint density at radius 3 is 2.85 bits per heavy atom. The van der Waals surface area contributed by atoms with Crippen LogP contribution >= 0.6 is 27.3 Å². The summed E-state index contributed by atoms with van der Waals surface area (Å²) in [7, 11) is 0. The van der Waals surface area contributed by atoms with Gasteiger partial charge in [-0.25, -0.2) is 4.98 Å². The van der Waals surface area contributed by atoms with Crippen LogP contribution in [0.5, 0.6) is 0 Å². The molecule has 6 heteroatoms. The Morgan fingerprint density at radius 1 is 1.30 bits per heavy atom. The highest BCUT2D eigenvalue weighted by molar-refractivity contribution is 9.10. The zero-order chi connectivity index (χ0) is 19.0. The summed E-state index contributed by atoms with van der Waals surface area (Å²) in [5, 5.41) is 0.732. The van der Waals surface area contributed by atoms with Crippen molar-refractivity contribution in [2.45, 2.75) is 32.8 Å². The first-order valence-corrected chi connectivity index (χ1v) is 10.7. The smallest absolute Gasteiger partial charge is 0.260 e. The van der Waals surface area contributed by atoms with Crippen LogP contribution in [0.2, 0.25) is 0 Å². The van der Waals surface area contributed by atoms with Gasteiger partial charge in [0.2, 0.25) is 0 Å². The number of hydrogen-bond donors (Lipinski definition) is 0. The minimum atomic E-state index is -0.0423. The monoisotopic (exact) mass is 444 g/mol. The third-order valence-corrected chi connectivity index (χ3v) is 6.48. The van der Waals surface area contributed by atoms with Crippen molar-refractivity contribution in [3.05, 3.63) is 57.6 Å². The van der Waals surface area contributed by atoms with Gasteiger partial charge >= 0.3 is 0 Å². The van der Waals surface area contributed by atoms with E-state index in [4.69, 9.17) is 9.72 Å². The molecule has 0 aliphatic carbocycles. The van der Waals surface area contributed by atoms with Crippen molar-refractivity contribution in [2.24, 2.45) is 0 Å². The lowest BCUT2D eigenvalue weighted by atomic mass is 10.1. The Bertz CT molecular complexity index is 956. The molecule has 1 amide bonds. The lowest BCUT2D eigenvalue weighted by molar-refractivity contribution is 0.0917. The second-order valence-corrected chi connectivity index (χ2v) is 8.89. The maximum atomic E-state index is 13.3. The van der Waals surface area contributed by atoms with Crippen LogP contribution < -0.4 is 4.90 Å². The molecule has 1 fully saturated rings. The number of aryl methyl sites for hydroxylation is 2. The minimum Gasteiger partial charge on any atom is -0.376 e. The third kappa shape index (κ3) is 3.93. The fourth-order valence-electron chi connectivity index (χ4n) is 3.30. The van der Waals surface area contributed by atoms with Gasteiger partial charge in [0, 0.05) is 16.6 Å². The van der Waals surface area contributed by atoms with E-state index in [9.17, 15) is 4.79 Å². The van der Waals surface area contributed by atoms with Gasteiger partial charge in [-0.2, -0.15) is 0 Å². The number of thiazole rings is 1. The van der Waals surface area contributed by atoms with Crippen molar-refractivity contribution < 1.29 is 9.53 Å². The van der Waals surface area contributed by atoms with Crippen LogP contribution in [0.3, 0.4) is 0 Å². The molecule has 140 valence electrons. The molecule has 4 rings (SSSR count). The molecule has 3 aromatic rings. The second kappa shape index (κ2) is 7.70. The molecular weight excluding hydrogens is 424 g/mol. The molecule has 1 atom stereocenters. The van der Waals surface area contributed by atoms with Crippen molar-refractivity contribution in [1.82, 2.24) is 4.98 Å². The van der Waals surface area contributed by atoms with Gasteiger partial charge < -0.3 is 4.74 Å². The van der Waals surface area contributed by atoms with Crippen LogP contribution in [0.4, 0.5) is 5.13 Å². The summed E-state index contributed by atoms with van der Waals surface area (Å²) in [4.78, 5) is 19.9. The molecule has 27 heavy (non-hydrogen) atoms. The van der Waals surface area contributed by atoms with Gasteiger partial charge in [0.25, 0.3) is 5.91 Å². The summed E-state index contributed by atoms with van der Waals surface area (Å²) in [6.07, 6.45) is 2.09. The Labute approximate surface area is 171 Å². The summed E-state index contributed by atoms with van der Waals surface area (Å²) in [5.74, 6) is -0.0423. The SMILES string of the molecule is Cc1cc2nc(N(CC3CCCO3)C(=O)c3cccc(Br)c3)sc2cc1C. The second-order valence-electron chi connectivity index (χ2n) is 6.96. The number of halogens is 1. The molecule has 1 unspecified atom stereocenters. The molecule has 0 radical (unpaired) electrons. The molecule has 0 saturated carbocycles. The van der Waals surface area contributed by atoms with Crippen molar-refractivity contribution in [2.75, 3.05) is 18.1 Å². The number of hydrogen-bond acceptors (Lipinski definition) is 4. The zero-order valence-electron chi connectivity index (χ0n) is 15.4. The first-order chi connectivity index (χ1) is 13.0. The van der Waals surface area contributed by atoms with Gasteiger partial charge in [-0.3, -0.25) is 9.69 Å². The summed E-state index contributed by atoms with van der Waals surface area (Å²) >= 11 is 5.03. The molecule has 0 bridgehead atoms. The molecule has 2 heterocycles. The third-order valence-electron chi connectivity index (χ3n) is 4.95. The number of amides is 1. The normalized spacial score (nSPS) is 16.8. The average Bonchev–Trinajstić information content (AvgIpc) is 3.29. The number of benzene rings is 2. The van der Waals surface area contributed by atoms with Gasteiger partial charge in [0.05, 0.1) is 22.9 Å². The quantitative estimate of drug-likeness (QED) is 0.533. The van der Waals surface area contributed by atoms with Crippen LogP contribution in [0, 0.1) is 13.8 Å². The predicted molar refractivity (Wildman–Crippen MR) is 114 cm³/mol. The highest BCUT2D eigenvalue weighted by Crippen LogP contribution is 2.32. The molecule has 1 aliphatic rings. The number of aromatic nitrogens is 1. The highest BCUT2D eigenvalue weighted by Gasteiger charge is 2.27. The van der Waals surface area contributed by atoms with E-state index >= 15 is 0 Å². The van der Waals surface area contributed by atoms with E-state index in [1.165, 1.54) is 11.1 Å². The van der Waals surface area contributed by atoms with E-state index < -0.39 is 0 Å². The van der Waals surface area contributed by atoms with Gasteiger partial charge in [-0.1, -0.05) is 33.3 Å². The van der Waals surface area contributed by atoms with E-state index in [1.807, 2.05) is 24.3 Å². The van der Waals surface area contributed by atoms with Gasteiger partial charge in [-0.15, -0.1) is 0 Å². The maximum absolute atomic E-state index is 13.3. The van der Waals surface area contributed by atoms with E-state index in [0.717, 1.165) is 39.3 Å². The summed E-state index contributed by atoms with van der Waals surface area (Å²) in [6, 6.07) is 11.7. The molecule has 1 aliphatic heterocycles. The standard InChI is InChI=1S/C21H21BrN2O2S/c1-13-9-18-19(10-14(13)2)27-21(23-18)24(12-17-7-4-8-26-17)20(25)15-5-3-6-16(22)11-15/h3,5-6,9-11,17H,4,7-8,12H2,1-2H3. The largest absolute Gasteiger partial charge is 0.376 e. The van der Waals surface area contributed by atoms with E-state index in [-0.39, 0.29) is 12.0 Å². The minimum absolute atomic E-state index is 0.0423. The fourth-order valence-corrected chi connectivity index (χ4v) is 4.75. The number of carbonyl (C=O) groups excluding carboxylic acids is 1. The number of ether oxygens (including phenoxy) is 1. The van der Waals surface area contributed by atoms with Crippen molar-refractivity contribution in [3.8, 4) is 0 Å². The zero-order valence-corrected chi connectivity index (χ0v) is 17.8. The molecule has 2 aromatic carbocycles. The van der Waals surface area contributed by atoms with Gasteiger partial charge in [0.15, 0.2) is 5.13 Å². The average molecular weight is 445 g/mol. The summed E-state index contributed by atoms with van der Waals surface area (Å²) in [5.41, 5.74) is 4.04. The molecule has 0 spiro atoms. The van der Waals surface area contributed by atoms with Crippen LogP contribution in [-0.2, 0) is 4.74 Å². The van der Waals surface area contributed by atoms with Gasteiger partial charge in [-0.05, 0) is 68.1 Å². The Kier molecular flexibility index (Phi) is 5.30. The number of nitrogens with zero attached hydrogens (tertiary/aromatic N) is 2. The Hall–Kier alpha value is -1.76. The van der Waals surface area contributed by atoms with Crippen LogP contribution in [-0.4, -0.2) is 30.1 Å². The van der Waals surface area contributed by atoms with Crippen LogP contribution in [0.1, 0.15) is 34.3 Å². The van der Waals surface area contributed by atoms with E-state index in [0.29, 0.717) is 12.1 Å². The Balaban J connectivity index is 1.74. The summed E-state index contributed by atoms with van der Waals surface area (Å²) < 4.78 is 7.79. The molecule has 1 aromatic heterocycles. The van der Waals surface area contributed by atoms with Gasteiger partial charge in [0.1, 0.15) is 0 Å². The lowest BCUT2D eigenvalue weighted by Crippen LogP contribution is -2.37. The van der Waals surface area contributed by atoms with Crippen molar-refractivity contribution in [3.63, 3.8) is 0 Å². The van der Waals surface area contributed by atoms with Crippen LogP contribution in [0.15, 0.2) is 40.9 Å². The van der Waals surface area contributed by atoms with Crippen molar-refractivity contribution in [1.29, 1.82) is 0 Å². The van der Waals surface area contributed by atoms with Crippen LogP contribution in [0.25, 0.3) is 10.2 Å². The highest BCUT2D eigenvalue weighted by atomic mass is 79.9. The fraction of sp³-hybridized carbons (Fsp3) is 0.333. The maximum Gasteiger partial charge on any atom is 0.260 e. The number of rotatable bonds is 4.